The molecule has 0 fully saturated rings. The van der Waals surface area contributed by atoms with Crippen molar-refractivity contribution in [1.82, 2.24) is 16.0 Å². The zero-order valence-corrected chi connectivity index (χ0v) is 9.37. The molecular weight excluding hydrogens is 214 g/mol. The minimum atomic E-state index is -1.11. The Morgan fingerprint density at radius 2 is 1.88 bits per heavy atom. The van der Waals surface area contributed by atoms with Crippen molar-refractivity contribution in [3.63, 3.8) is 0 Å². The van der Waals surface area contributed by atoms with Crippen LogP contribution in [-0.2, 0) is 9.59 Å². The minimum absolute atomic E-state index is 0.158. The number of carbonyl (C=O) groups is 3. The number of hydrogen-bond donors (Lipinski definition) is 4. The number of amides is 3. The number of nitrogens with one attached hydrogen (secondary N) is 3. The fourth-order valence-electron chi connectivity index (χ4n) is 0.885. The van der Waals surface area contributed by atoms with E-state index in [1.54, 1.807) is 6.92 Å². The zero-order chi connectivity index (χ0) is 12.6. The summed E-state index contributed by atoms with van der Waals surface area (Å²) in [7, 11) is 0. The van der Waals surface area contributed by atoms with Gasteiger partial charge in [0.2, 0.25) is 5.91 Å². The topological polar surface area (TPSA) is 108 Å². The predicted octanol–water partition coefficient (Wildman–Crippen LogP) is -0.715. The van der Waals surface area contributed by atoms with Gasteiger partial charge in [0.1, 0.15) is 6.04 Å². The summed E-state index contributed by atoms with van der Waals surface area (Å²) < 4.78 is 0. The average molecular weight is 231 g/mol. The summed E-state index contributed by atoms with van der Waals surface area (Å²) in [4.78, 5) is 32.5. The molecule has 0 saturated heterocycles. The molecule has 0 saturated carbocycles. The van der Waals surface area contributed by atoms with Gasteiger partial charge in [-0.2, -0.15) is 0 Å². The second-order valence-electron chi connectivity index (χ2n) is 3.16. The van der Waals surface area contributed by atoms with Gasteiger partial charge in [0.25, 0.3) is 0 Å². The Morgan fingerprint density at radius 3 is 2.38 bits per heavy atom. The third-order valence-electron chi connectivity index (χ3n) is 1.73. The van der Waals surface area contributed by atoms with Crippen molar-refractivity contribution in [3.05, 3.63) is 0 Å². The molecule has 1 atom stereocenters. The van der Waals surface area contributed by atoms with Gasteiger partial charge in [0.15, 0.2) is 0 Å². The lowest BCUT2D eigenvalue weighted by atomic mass is 10.3. The van der Waals surface area contributed by atoms with Gasteiger partial charge in [-0.25, -0.2) is 4.79 Å². The second-order valence-corrected chi connectivity index (χ2v) is 3.16. The molecular formula is C9H17N3O4. The lowest BCUT2D eigenvalue weighted by Gasteiger charge is -2.10. The van der Waals surface area contributed by atoms with E-state index in [9.17, 15) is 14.4 Å². The Kier molecular flexibility index (Phi) is 6.66. The van der Waals surface area contributed by atoms with Crippen molar-refractivity contribution in [2.75, 3.05) is 13.1 Å². The first-order chi connectivity index (χ1) is 7.47. The highest BCUT2D eigenvalue weighted by Crippen LogP contribution is 1.82. The van der Waals surface area contributed by atoms with Crippen molar-refractivity contribution in [2.45, 2.75) is 26.3 Å². The van der Waals surface area contributed by atoms with Crippen LogP contribution in [0.1, 0.15) is 20.3 Å². The van der Waals surface area contributed by atoms with E-state index in [1.807, 2.05) is 0 Å². The zero-order valence-electron chi connectivity index (χ0n) is 9.37. The number of carboxylic acids is 1. The van der Waals surface area contributed by atoms with Gasteiger partial charge in [0, 0.05) is 19.5 Å². The molecule has 0 aliphatic rings. The van der Waals surface area contributed by atoms with Crippen molar-refractivity contribution in [3.8, 4) is 0 Å². The lowest BCUT2D eigenvalue weighted by Crippen LogP contribution is -2.45. The standard InChI is InChI=1S/C9H17N3O4/c1-3-10-7(13)4-5-11-9(16)12-6(2)8(14)15/h6H,3-5H2,1-2H3,(H,10,13)(H,14,15)(H2,11,12,16). The normalized spacial score (nSPS) is 11.4. The van der Waals surface area contributed by atoms with Crippen molar-refractivity contribution >= 4 is 17.9 Å². The number of hydrogen-bond acceptors (Lipinski definition) is 3. The minimum Gasteiger partial charge on any atom is -0.480 e. The highest BCUT2D eigenvalue weighted by atomic mass is 16.4. The molecule has 7 nitrogen and oxygen atoms in total. The Morgan fingerprint density at radius 1 is 1.25 bits per heavy atom. The quantitative estimate of drug-likeness (QED) is 0.484. The molecule has 0 aliphatic heterocycles. The van der Waals surface area contributed by atoms with Gasteiger partial charge in [-0.15, -0.1) is 0 Å². The highest BCUT2D eigenvalue weighted by Gasteiger charge is 2.13. The average Bonchev–Trinajstić information content (AvgIpc) is 2.17. The molecule has 0 bridgehead atoms. The van der Waals surface area contributed by atoms with Crippen LogP contribution < -0.4 is 16.0 Å². The highest BCUT2D eigenvalue weighted by molar-refractivity contribution is 5.82. The summed E-state index contributed by atoms with van der Waals surface area (Å²) in [6, 6.07) is -1.55. The first kappa shape index (κ1) is 14.2. The maximum absolute atomic E-state index is 11.1. The van der Waals surface area contributed by atoms with E-state index >= 15 is 0 Å². The van der Waals surface area contributed by atoms with E-state index in [0.717, 1.165) is 0 Å². The van der Waals surface area contributed by atoms with E-state index in [4.69, 9.17) is 5.11 Å². The van der Waals surface area contributed by atoms with Crippen LogP contribution in [0.5, 0.6) is 0 Å². The Bertz CT molecular complexity index is 267. The predicted molar refractivity (Wildman–Crippen MR) is 56.9 cm³/mol. The summed E-state index contributed by atoms with van der Waals surface area (Å²) in [5.74, 6) is -1.27. The van der Waals surface area contributed by atoms with E-state index in [0.29, 0.717) is 6.54 Å². The molecule has 7 heteroatoms. The van der Waals surface area contributed by atoms with Crippen LogP contribution in [0.4, 0.5) is 4.79 Å². The summed E-state index contributed by atoms with van der Waals surface area (Å²) in [6.45, 7) is 3.86. The number of aliphatic carboxylic acids is 1. The Hall–Kier alpha value is -1.79. The van der Waals surface area contributed by atoms with E-state index in [1.165, 1.54) is 6.92 Å². The van der Waals surface area contributed by atoms with Crippen molar-refractivity contribution < 1.29 is 19.5 Å². The molecule has 16 heavy (non-hydrogen) atoms. The van der Waals surface area contributed by atoms with Gasteiger partial charge < -0.3 is 21.1 Å². The maximum atomic E-state index is 11.1. The van der Waals surface area contributed by atoms with Crippen LogP contribution in [0, 0.1) is 0 Å². The molecule has 0 aromatic heterocycles. The number of urea groups is 1. The molecule has 0 heterocycles. The SMILES string of the molecule is CCNC(=O)CCNC(=O)NC(C)C(=O)O. The van der Waals surface area contributed by atoms with Gasteiger partial charge in [-0.3, -0.25) is 9.59 Å². The molecule has 0 spiro atoms. The molecule has 0 radical (unpaired) electrons. The van der Waals surface area contributed by atoms with Crippen LogP contribution in [-0.4, -0.2) is 42.1 Å². The molecule has 0 aromatic rings. The van der Waals surface area contributed by atoms with E-state index < -0.39 is 18.0 Å². The lowest BCUT2D eigenvalue weighted by molar-refractivity contribution is -0.138. The summed E-state index contributed by atoms with van der Waals surface area (Å²) >= 11 is 0. The number of rotatable bonds is 6. The fraction of sp³-hybridized carbons (Fsp3) is 0.667. The summed E-state index contributed by atoms with van der Waals surface area (Å²) in [5.41, 5.74) is 0. The van der Waals surface area contributed by atoms with Crippen LogP contribution >= 0.6 is 0 Å². The van der Waals surface area contributed by atoms with Crippen molar-refractivity contribution in [1.29, 1.82) is 0 Å². The molecule has 1 unspecified atom stereocenters. The van der Waals surface area contributed by atoms with Gasteiger partial charge in [-0.05, 0) is 13.8 Å². The third-order valence-corrected chi connectivity index (χ3v) is 1.73. The second kappa shape index (κ2) is 7.49. The van der Waals surface area contributed by atoms with E-state index in [-0.39, 0.29) is 18.9 Å². The Balaban J connectivity index is 3.66. The number of carboxylic acid groups (broad SMARTS) is 1. The van der Waals surface area contributed by atoms with Crippen LogP contribution in [0.3, 0.4) is 0 Å². The maximum Gasteiger partial charge on any atom is 0.325 e. The van der Waals surface area contributed by atoms with Crippen molar-refractivity contribution in [2.24, 2.45) is 0 Å². The monoisotopic (exact) mass is 231 g/mol. The molecule has 0 aromatic carbocycles. The molecule has 4 N–H and O–H groups in total. The van der Waals surface area contributed by atoms with Gasteiger partial charge in [-0.1, -0.05) is 0 Å². The number of carbonyl (C=O) groups excluding carboxylic acids is 2. The first-order valence-corrected chi connectivity index (χ1v) is 5.01. The molecule has 0 aliphatic carbocycles. The third kappa shape index (κ3) is 6.63. The molecule has 0 rings (SSSR count). The largest absolute Gasteiger partial charge is 0.480 e. The van der Waals surface area contributed by atoms with Gasteiger partial charge in [0.05, 0.1) is 0 Å². The first-order valence-electron chi connectivity index (χ1n) is 5.01. The van der Waals surface area contributed by atoms with Gasteiger partial charge >= 0.3 is 12.0 Å². The van der Waals surface area contributed by atoms with Crippen LogP contribution in [0.15, 0.2) is 0 Å². The molecule has 3 amide bonds. The van der Waals surface area contributed by atoms with Crippen LogP contribution in [0.2, 0.25) is 0 Å². The van der Waals surface area contributed by atoms with E-state index in [2.05, 4.69) is 16.0 Å². The summed E-state index contributed by atoms with van der Waals surface area (Å²) in [5, 5.41) is 15.7. The smallest absolute Gasteiger partial charge is 0.325 e. The fourth-order valence-corrected chi connectivity index (χ4v) is 0.885. The summed E-state index contributed by atoms with van der Waals surface area (Å²) in [6.07, 6.45) is 0.169. The Labute approximate surface area is 93.6 Å². The van der Waals surface area contributed by atoms with Crippen LogP contribution in [0.25, 0.3) is 0 Å². The molecule has 92 valence electrons.